The molecule has 1 atom stereocenters. The van der Waals surface area contributed by atoms with Crippen molar-refractivity contribution >= 4 is 15.5 Å². The Kier molecular flexibility index (Phi) is 3.27. The number of sulfone groups is 1. The van der Waals surface area contributed by atoms with Crippen molar-refractivity contribution in [1.29, 1.82) is 0 Å². The first kappa shape index (κ1) is 12.9. The van der Waals surface area contributed by atoms with E-state index in [4.69, 9.17) is 5.73 Å². The normalized spacial score (nSPS) is 25.8. The summed E-state index contributed by atoms with van der Waals surface area (Å²) in [6, 6.07) is 8.67. The molecule has 1 aromatic carbocycles. The molecule has 1 aliphatic heterocycles. The van der Waals surface area contributed by atoms with Crippen LogP contribution in [0.4, 0.5) is 5.69 Å². The Morgan fingerprint density at radius 1 is 1.11 bits per heavy atom. The fourth-order valence-electron chi connectivity index (χ4n) is 2.83. The largest absolute Gasteiger partial charge is 0.399 e. The Morgan fingerprint density at radius 2 is 1.79 bits per heavy atom. The van der Waals surface area contributed by atoms with E-state index in [1.807, 2.05) is 24.3 Å². The molecule has 1 saturated heterocycles. The highest BCUT2D eigenvalue weighted by molar-refractivity contribution is 7.91. The second-order valence-electron chi connectivity index (χ2n) is 5.70. The molecule has 1 aliphatic carbocycles. The number of hydrogen-bond acceptors (Lipinski definition) is 4. The number of rotatable bonds is 4. The van der Waals surface area contributed by atoms with Crippen molar-refractivity contribution in [1.82, 2.24) is 4.90 Å². The molecule has 4 nitrogen and oxygen atoms in total. The van der Waals surface area contributed by atoms with E-state index in [1.165, 1.54) is 18.4 Å². The van der Waals surface area contributed by atoms with E-state index in [1.54, 1.807) is 0 Å². The molecular formula is C14H20N2O2S. The predicted octanol–water partition coefficient (Wildman–Crippen LogP) is 1.42. The minimum Gasteiger partial charge on any atom is -0.399 e. The topological polar surface area (TPSA) is 63.4 Å². The van der Waals surface area contributed by atoms with Crippen LogP contribution < -0.4 is 5.73 Å². The zero-order chi connectivity index (χ0) is 13.5. The quantitative estimate of drug-likeness (QED) is 0.847. The van der Waals surface area contributed by atoms with Crippen molar-refractivity contribution < 1.29 is 8.42 Å². The Labute approximate surface area is 114 Å². The lowest BCUT2D eigenvalue weighted by molar-refractivity contribution is 0.193. The predicted molar refractivity (Wildman–Crippen MR) is 76.5 cm³/mol. The molecule has 0 spiro atoms. The molecule has 104 valence electrons. The molecule has 19 heavy (non-hydrogen) atoms. The van der Waals surface area contributed by atoms with Gasteiger partial charge in [-0.25, -0.2) is 8.42 Å². The van der Waals surface area contributed by atoms with E-state index in [9.17, 15) is 8.42 Å². The van der Waals surface area contributed by atoms with Crippen LogP contribution in [0, 0.1) is 0 Å². The van der Waals surface area contributed by atoms with Crippen LogP contribution in [-0.4, -0.2) is 36.9 Å². The third kappa shape index (κ3) is 3.09. The summed E-state index contributed by atoms with van der Waals surface area (Å²) in [5.41, 5.74) is 7.68. The molecule has 1 saturated carbocycles. The number of anilines is 1. The Hall–Kier alpha value is -1.07. The summed E-state index contributed by atoms with van der Waals surface area (Å²) in [7, 11) is -2.81. The van der Waals surface area contributed by atoms with Crippen LogP contribution in [-0.2, 0) is 16.4 Å². The van der Waals surface area contributed by atoms with Crippen LogP contribution in [0.25, 0.3) is 0 Å². The maximum absolute atomic E-state index is 11.6. The maximum atomic E-state index is 11.6. The first-order valence-corrected chi connectivity index (χ1v) is 8.66. The average Bonchev–Trinajstić information content (AvgIpc) is 3.13. The fraction of sp³-hybridized carbons (Fsp3) is 0.571. The summed E-state index contributed by atoms with van der Waals surface area (Å²) in [5, 5.41) is 0. The number of benzene rings is 1. The van der Waals surface area contributed by atoms with Crippen molar-refractivity contribution in [3.05, 3.63) is 29.8 Å². The van der Waals surface area contributed by atoms with Gasteiger partial charge in [0.25, 0.3) is 0 Å². The monoisotopic (exact) mass is 280 g/mol. The molecule has 1 unspecified atom stereocenters. The van der Waals surface area contributed by atoms with Crippen LogP contribution in [0.2, 0.25) is 0 Å². The smallest absolute Gasteiger partial charge is 0.151 e. The molecule has 5 heteroatoms. The van der Waals surface area contributed by atoms with Crippen LogP contribution in [0.15, 0.2) is 24.3 Å². The van der Waals surface area contributed by atoms with Crippen LogP contribution in [0.1, 0.15) is 24.8 Å². The van der Waals surface area contributed by atoms with Gasteiger partial charge in [-0.05, 0) is 37.0 Å². The van der Waals surface area contributed by atoms with Crippen molar-refractivity contribution in [3.63, 3.8) is 0 Å². The lowest BCUT2D eigenvalue weighted by Gasteiger charge is -2.28. The van der Waals surface area contributed by atoms with Gasteiger partial charge in [-0.3, -0.25) is 4.90 Å². The molecule has 2 N–H and O–H groups in total. The van der Waals surface area contributed by atoms with Gasteiger partial charge in [-0.15, -0.1) is 0 Å². The highest BCUT2D eigenvalue weighted by Gasteiger charge is 2.39. The molecule has 3 rings (SSSR count). The Balaban J connectivity index is 1.73. The van der Waals surface area contributed by atoms with Gasteiger partial charge in [0.2, 0.25) is 0 Å². The van der Waals surface area contributed by atoms with Gasteiger partial charge in [-0.2, -0.15) is 0 Å². The molecule has 0 radical (unpaired) electrons. The van der Waals surface area contributed by atoms with Gasteiger partial charge in [-0.1, -0.05) is 12.1 Å². The Bertz CT molecular complexity index is 549. The minimum absolute atomic E-state index is 0.204. The third-order valence-corrected chi connectivity index (χ3v) is 5.79. The van der Waals surface area contributed by atoms with Crippen molar-refractivity contribution in [3.8, 4) is 0 Å². The van der Waals surface area contributed by atoms with Gasteiger partial charge in [0.1, 0.15) is 0 Å². The number of nitrogen functional groups attached to an aromatic ring is 1. The highest BCUT2D eigenvalue weighted by Crippen LogP contribution is 2.33. The number of nitrogens with two attached hydrogens (primary N) is 1. The number of hydrogen-bond donors (Lipinski definition) is 1. The summed E-state index contributed by atoms with van der Waals surface area (Å²) in [6.45, 7) is 0.838. The summed E-state index contributed by atoms with van der Waals surface area (Å²) in [4.78, 5) is 2.38. The zero-order valence-corrected chi connectivity index (χ0v) is 11.8. The van der Waals surface area contributed by atoms with E-state index in [0.717, 1.165) is 18.7 Å². The first-order valence-electron chi connectivity index (χ1n) is 6.84. The highest BCUT2D eigenvalue weighted by atomic mass is 32.2. The van der Waals surface area contributed by atoms with Crippen LogP contribution >= 0.6 is 0 Å². The molecule has 0 bridgehead atoms. The summed E-state index contributed by atoms with van der Waals surface area (Å²) in [6.07, 6.45) is 3.19. The Morgan fingerprint density at radius 3 is 2.32 bits per heavy atom. The lowest BCUT2D eigenvalue weighted by atomic mass is 10.1. The van der Waals surface area contributed by atoms with E-state index in [0.29, 0.717) is 17.5 Å². The van der Waals surface area contributed by atoms with E-state index in [2.05, 4.69) is 4.90 Å². The lowest BCUT2D eigenvalue weighted by Crippen LogP contribution is -2.37. The second kappa shape index (κ2) is 4.80. The van der Waals surface area contributed by atoms with Gasteiger partial charge in [0.05, 0.1) is 11.5 Å². The van der Waals surface area contributed by atoms with Gasteiger partial charge in [0, 0.05) is 24.3 Å². The summed E-state index contributed by atoms with van der Waals surface area (Å²) >= 11 is 0. The third-order valence-electron chi connectivity index (χ3n) is 4.04. The van der Waals surface area contributed by atoms with Gasteiger partial charge in [0.15, 0.2) is 9.84 Å². The van der Waals surface area contributed by atoms with Crippen LogP contribution in [0.3, 0.4) is 0 Å². The fourth-order valence-corrected chi connectivity index (χ4v) is 4.58. The molecular weight excluding hydrogens is 260 g/mol. The van der Waals surface area contributed by atoms with Gasteiger partial charge < -0.3 is 5.73 Å². The molecule has 0 aromatic heterocycles. The maximum Gasteiger partial charge on any atom is 0.151 e. The zero-order valence-electron chi connectivity index (χ0n) is 11.0. The minimum atomic E-state index is -2.81. The molecule has 2 aliphatic rings. The van der Waals surface area contributed by atoms with Gasteiger partial charge >= 0.3 is 0 Å². The van der Waals surface area contributed by atoms with Crippen molar-refractivity contribution in [2.75, 3.05) is 17.2 Å². The summed E-state index contributed by atoms with van der Waals surface area (Å²) in [5.74, 6) is 0.682. The second-order valence-corrected chi connectivity index (χ2v) is 7.93. The molecule has 2 fully saturated rings. The molecule has 1 heterocycles. The van der Waals surface area contributed by atoms with Crippen molar-refractivity contribution in [2.45, 2.75) is 37.9 Å². The SMILES string of the molecule is Nc1ccc(CN(C2CC2)C2CCS(=O)(=O)C2)cc1. The van der Waals surface area contributed by atoms with E-state index < -0.39 is 9.84 Å². The standard InChI is InChI=1S/C14H20N2O2S/c15-12-3-1-11(2-4-12)9-16(13-5-6-13)14-7-8-19(17,18)10-14/h1-4,13-14H,5-10,15H2. The molecule has 0 amide bonds. The average molecular weight is 280 g/mol. The number of nitrogens with zero attached hydrogens (tertiary/aromatic N) is 1. The van der Waals surface area contributed by atoms with Crippen molar-refractivity contribution in [2.24, 2.45) is 0 Å². The van der Waals surface area contributed by atoms with E-state index in [-0.39, 0.29) is 6.04 Å². The van der Waals surface area contributed by atoms with E-state index >= 15 is 0 Å². The summed E-state index contributed by atoms with van der Waals surface area (Å²) < 4.78 is 23.3. The first-order chi connectivity index (χ1) is 9.03. The van der Waals surface area contributed by atoms with Crippen LogP contribution in [0.5, 0.6) is 0 Å². The molecule has 1 aromatic rings.